The van der Waals surface area contributed by atoms with Gasteiger partial charge in [0.15, 0.2) is 5.69 Å². The van der Waals surface area contributed by atoms with Gasteiger partial charge in [-0.2, -0.15) is 0 Å². The number of benzene rings is 1. The summed E-state index contributed by atoms with van der Waals surface area (Å²) in [5.74, 6) is -1.07. The number of carboxylic acids is 1. The standard InChI is InChI=1S/C15H15N3O3/c19-15(20)14-13(9-3-1-2-4-10(9)17-18-14)16-11-7-8-5-6-12(11)21-8/h1-4,8,11-12H,5-7H2,(H,16,17)(H,19,20). The Balaban J connectivity index is 1.78. The van der Waals surface area contributed by atoms with E-state index in [-0.39, 0.29) is 17.8 Å². The molecule has 1 aromatic carbocycles. The Hall–Kier alpha value is -2.21. The van der Waals surface area contributed by atoms with Crippen molar-refractivity contribution in [3.05, 3.63) is 30.0 Å². The number of carbonyl (C=O) groups is 1. The summed E-state index contributed by atoms with van der Waals surface area (Å²) >= 11 is 0. The molecule has 3 heterocycles. The molecule has 0 radical (unpaired) electrons. The molecular formula is C15H15N3O3. The minimum Gasteiger partial charge on any atom is -0.476 e. The molecular weight excluding hydrogens is 270 g/mol. The molecule has 2 bridgehead atoms. The van der Waals surface area contributed by atoms with Crippen LogP contribution in [0, 0.1) is 0 Å². The average molecular weight is 285 g/mol. The molecule has 0 aliphatic carbocycles. The Morgan fingerprint density at radius 3 is 2.86 bits per heavy atom. The van der Waals surface area contributed by atoms with Crippen molar-refractivity contribution in [3.63, 3.8) is 0 Å². The number of aromatic nitrogens is 2. The molecule has 0 spiro atoms. The van der Waals surface area contributed by atoms with Crippen LogP contribution in [0.15, 0.2) is 24.3 Å². The number of fused-ring (bicyclic) bond motifs is 3. The van der Waals surface area contributed by atoms with Gasteiger partial charge >= 0.3 is 5.97 Å². The van der Waals surface area contributed by atoms with Gasteiger partial charge in [-0.3, -0.25) is 0 Å². The SMILES string of the molecule is O=C(O)c1nnc2ccccc2c1NC1CC2CCC1O2. The van der Waals surface area contributed by atoms with E-state index in [2.05, 4.69) is 15.5 Å². The maximum Gasteiger partial charge on any atom is 0.358 e. The molecule has 4 rings (SSSR count). The molecule has 2 N–H and O–H groups in total. The zero-order chi connectivity index (χ0) is 14.4. The molecule has 3 unspecified atom stereocenters. The molecule has 6 nitrogen and oxygen atoms in total. The molecule has 3 atom stereocenters. The van der Waals surface area contributed by atoms with E-state index in [4.69, 9.17) is 4.74 Å². The van der Waals surface area contributed by atoms with Crippen LogP contribution in [-0.4, -0.2) is 39.5 Å². The summed E-state index contributed by atoms with van der Waals surface area (Å²) in [6.07, 6.45) is 3.52. The van der Waals surface area contributed by atoms with Crippen LogP contribution in [0.25, 0.3) is 10.9 Å². The third-order valence-corrected chi connectivity index (χ3v) is 4.31. The summed E-state index contributed by atoms with van der Waals surface area (Å²) in [4.78, 5) is 11.4. The predicted octanol–water partition coefficient (Wildman–Crippen LogP) is 2.06. The van der Waals surface area contributed by atoms with Crippen molar-refractivity contribution in [3.8, 4) is 0 Å². The highest BCUT2D eigenvalue weighted by Crippen LogP contribution is 2.37. The summed E-state index contributed by atoms with van der Waals surface area (Å²) in [5, 5.41) is 21.3. The number of hydrogen-bond donors (Lipinski definition) is 2. The van der Waals surface area contributed by atoms with Gasteiger partial charge in [-0.1, -0.05) is 18.2 Å². The number of ether oxygens (including phenoxy) is 1. The van der Waals surface area contributed by atoms with E-state index in [9.17, 15) is 9.90 Å². The number of nitrogens with one attached hydrogen (secondary N) is 1. The van der Waals surface area contributed by atoms with Gasteiger partial charge in [0.2, 0.25) is 0 Å². The first kappa shape index (κ1) is 12.5. The van der Waals surface area contributed by atoms with Crippen LogP contribution in [0.2, 0.25) is 0 Å². The fourth-order valence-corrected chi connectivity index (χ4v) is 3.32. The summed E-state index contributed by atoms with van der Waals surface area (Å²) < 4.78 is 5.82. The Morgan fingerprint density at radius 2 is 2.14 bits per heavy atom. The van der Waals surface area contributed by atoms with Crippen LogP contribution in [0.1, 0.15) is 29.8 Å². The second-order valence-corrected chi connectivity index (χ2v) is 5.61. The van der Waals surface area contributed by atoms with E-state index < -0.39 is 5.97 Å². The van der Waals surface area contributed by atoms with E-state index in [0.717, 1.165) is 24.6 Å². The van der Waals surface area contributed by atoms with Gasteiger partial charge in [-0.25, -0.2) is 4.79 Å². The number of nitrogens with zero attached hydrogens (tertiary/aromatic N) is 2. The molecule has 2 fully saturated rings. The number of rotatable bonds is 3. The molecule has 108 valence electrons. The Bertz CT molecular complexity index is 718. The highest BCUT2D eigenvalue weighted by Gasteiger charge is 2.41. The van der Waals surface area contributed by atoms with Gasteiger partial charge < -0.3 is 15.2 Å². The van der Waals surface area contributed by atoms with Gasteiger partial charge in [0.25, 0.3) is 0 Å². The minimum atomic E-state index is -1.07. The Kier molecular flexibility index (Phi) is 2.78. The molecule has 6 heteroatoms. The number of carboxylic acid groups (broad SMARTS) is 1. The summed E-state index contributed by atoms with van der Waals surface area (Å²) in [7, 11) is 0. The topological polar surface area (TPSA) is 84.3 Å². The smallest absolute Gasteiger partial charge is 0.358 e. The van der Waals surface area contributed by atoms with Crippen molar-refractivity contribution < 1.29 is 14.6 Å². The van der Waals surface area contributed by atoms with E-state index >= 15 is 0 Å². The lowest BCUT2D eigenvalue weighted by atomic mass is 9.95. The second-order valence-electron chi connectivity index (χ2n) is 5.61. The van der Waals surface area contributed by atoms with Crippen LogP contribution >= 0.6 is 0 Å². The number of anilines is 1. The maximum absolute atomic E-state index is 11.4. The lowest BCUT2D eigenvalue weighted by Gasteiger charge is -2.22. The number of hydrogen-bond acceptors (Lipinski definition) is 5. The largest absolute Gasteiger partial charge is 0.476 e. The normalized spacial score (nSPS) is 27.1. The Labute approximate surface area is 121 Å². The zero-order valence-corrected chi connectivity index (χ0v) is 11.3. The van der Waals surface area contributed by atoms with Gasteiger partial charge in [0.1, 0.15) is 0 Å². The number of aromatic carboxylic acids is 1. The van der Waals surface area contributed by atoms with Crippen LogP contribution in [0.3, 0.4) is 0 Å². The van der Waals surface area contributed by atoms with E-state index in [1.165, 1.54) is 0 Å². The van der Waals surface area contributed by atoms with Crippen LogP contribution < -0.4 is 5.32 Å². The minimum absolute atomic E-state index is 0.0310. The molecule has 2 aromatic rings. The predicted molar refractivity (Wildman–Crippen MR) is 76.4 cm³/mol. The molecule has 2 saturated heterocycles. The van der Waals surface area contributed by atoms with Gasteiger partial charge in [0, 0.05) is 5.39 Å². The fourth-order valence-electron chi connectivity index (χ4n) is 3.32. The summed E-state index contributed by atoms with van der Waals surface area (Å²) in [5.41, 5.74) is 1.21. The molecule has 2 aliphatic rings. The molecule has 21 heavy (non-hydrogen) atoms. The highest BCUT2D eigenvalue weighted by atomic mass is 16.5. The van der Waals surface area contributed by atoms with Crippen LogP contribution in [0.5, 0.6) is 0 Å². The highest BCUT2D eigenvalue weighted by molar-refractivity contribution is 6.02. The Morgan fingerprint density at radius 1 is 1.29 bits per heavy atom. The molecule has 0 amide bonds. The van der Waals surface area contributed by atoms with Gasteiger partial charge in [-0.05, 0) is 25.3 Å². The average Bonchev–Trinajstić information content (AvgIpc) is 3.10. The molecule has 2 aliphatic heterocycles. The van der Waals surface area contributed by atoms with Crippen molar-refractivity contribution in [2.75, 3.05) is 5.32 Å². The van der Waals surface area contributed by atoms with Crippen molar-refractivity contribution in [1.29, 1.82) is 0 Å². The second kappa shape index (κ2) is 4.66. The summed E-state index contributed by atoms with van der Waals surface area (Å²) in [6, 6.07) is 7.58. The zero-order valence-electron chi connectivity index (χ0n) is 11.3. The quantitative estimate of drug-likeness (QED) is 0.898. The first-order valence-corrected chi connectivity index (χ1v) is 7.13. The first-order valence-electron chi connectivity index (χ1n) is 7.13. The van der Waals surface area contributed by atoms with Crippen LogP contribution in [-0.2, 0) is 4.74 Å². The van der Waals surface area contributed by atoms with Crippen LogP contribution in [0.4, 0.5) is 5.69 Å². The van der Waals surface area contributed by atoms with E-state index in [0.29, 0.717) is 17.3 Å². The third-order valence-electron chi connectivity index (χ3n) is 4.31. The monoisotopic (exact) mass is 285 g/mol. The molecule has 1 aromatic heterocycles. The van der Waals surface area contributed by atoms with Gasteiger partial charge in [0.05, 0.1) is 29.5 Å². The summed E-state index contributed by atoms with van der Waals surface area (Å²) in [6.45, 7) is 0. The first-order chi connectivity index (χ1) is 10.2. The maximum atomic E-state index is 11.4. The lowest BCUT2D eigenvalue weighted by molar-refractivity contribution is 0.0690. The van der Waals surface area contributed by atoms with Crippen molar-refractivity contribution in [1.82, 2.24) is 10.2 Å². The molecule has 0 saturated carbocycles. The van der Waals surface area contributed by atoms with E-state index in [1.54, 1.807) is 0 Å². The van der Waals surface area contributed by atoms with Crippen molar-refractivity contribution >= 4 is 22.6 Å². The van der Waals surface area contributed by atoms with E-state index in [1.807, 2.05) is 24.3 Å². The lowest BCUT2D eigenvalue weighted by Crippen LogP contribution is -2.31. The van der Waals surface area contributed by atoms with Crippen molar-refractivity contribution in [2.45, 2.75) is 37.5 Å². The van der Waals surface area contributed by atoms with Crippen molar-refractivity contribution in [2.24, 2.45) is 0 Å². The fraction of sp³-hybridized carbons (Fsp3) is 0.400. The third kappa shape index (κ3) is 2.03. The van der Waals surface area contributed by atoms with Gasteiger partial charge in [-0.15, -0.1) is 10.2 Å².